The molecule has 0 bridgehead atoms. The van der Waals surface area contributed by atoms with E-state index in [0.717, 1.165) is 23.5 Å². The number of halogens is 4. The zero-order chi connectivity index (χ0) is 27.1. The third-order valence-electron chi connectivity index (χ3n) is 5.30. The number of hydrogen-bond acceptors (Lipinski definition) is 9. The second kappa shape index (κ2) is 12.3. The molecule has 1 aliphatic heterocycles. The molecule has 3 heterocycles. The average Bonchev–Trinajstić information content (AvgIpc) is 3.45. The summed E-state index contributed by atoms with van der Waals surface area (Å²) in [6.45, 7) is 1.59. The standard InChI is InChI=1S/C22H23F4N7O4S/c23-15(9-33-10-17(29-32-33)20(35)27-8-14-11-36-12-14)4-5-19-30-31-21(38-19)28-18(34)7-13-2-1-3-16(6-13)37-22(24,25)26/h1-3,6,10,14-15H,4-5,7-9,11-12H2,(H,27,35)(H,28,31,34). The third-order valence-corrected chi connectivity index (χ3v) is 6.19. The number of carbonyl (C=O) groups is 2. The Morgan fingerprint density at radius 3 is 2.79 bits per heavy atom. The lowest BCUT2D eigenvalue weighted by molar-refractivity contribution is -0.274. The molecule has 38 heavy (non-hydrogen) atoms. The number of aryl methyl sites for hydroxylation is 1. The summed E-state index contributed by atoms with van der Waals surface area (Å²) in [5, 5.41) is 21.3. The number of ether oxygens (including phenoxy) is 2. The number of nitrogens with zero attached hydrogens (tertiary/aromatic N) is 5. The molecule has 1 unspecified atom stereocenters. The van der Waals surface area contributed by atoms with Gasteiger partial charge < -0.3 is 20.1 Å². The van der Waals surface area contributed by atoms with Gasteiger partial charge in [0.15, 0.2) is 5.69 Å². The van der Waals surface area contributed by atoms with E-state index >= 15 is 0 Å². The summed E-state index contributed by atoms with van der Waals surface area (Å²) in [6.07, 6.45) is -4.61. The number of amides is 2. The molecule has 2 amide bonds. The van der Waals surface area contributed by atoms with Crippen LogP contribution in [-0.4, -0.2) is 69.3 Å². The lowest BCUT2D eigenvalue weighted by Gasteiger charge is -2.25. The average molecular weight is 558 g/mol. The van der Waals surface area contributed by atoms with E-state index < -0.39 is 24.2 Å². The number of anilines is 1. The lowest BCUT2D eigenvalue weighted by Crippen LogP contribution is -2.39. The second-order valence-electron chi connectivity index (χ2n) is 8.50. The molecule has 16 heteroatoms. The first-order chi connectivity index (χ1) is 18.1. The van der Waals surface area contributed by atoms with E-state index in [0.29, 0.717) is 30.3 Å². The molecule has 0 radical (unpaired) electrons. The van der Waals surface area contributed by atoms with E-state index in [4.69, 9.17) is 4.74 Å². The van der Waals surface area contributed by atoms with Crippen molar-refractivity contribution >= 4 is 28.3 Å². The summed E-state index contributed by atoms with van der Waals surface area (Å²) in [5.74, 6) is -1.03. The molecule has 4 rings (SSSR count). The molecule has 1 atom stereocenters. The normalized spacial score (nSPS) is 14.5. The fraction of sp³-hybridized carbons (Fsp3) is 0.455. The molecule has 204 valence electrons. The Hall–Kier alpha value is -3.66. The highest BCUT2D eigenvalue weighted by atomic mass is 32.1. The molecule has 1 saturated heterocycles. The van der Waals surface area contributed by atoms with Crippen molar-refractivity contribution in [2.75, 3.05) is 25.1 Å². The van der Waals surface area contributed by atoms with Gasteiger partial charge in [0, 0.05) is 18.9 Å². The van der Waals surface area contributed by atoms with E-state index in [9.17, 15) is 27.2 Å². The zero-order valence-electron chi connectivity index (χ0n) is 19.8. The molecule has 1 aliphatic rings. The topological polar surface area (TPSA) is 133 Å². The van der Waals surface area contributed by atoms with E-state index in [1.54, 1.807) is 0 Å². The Labute approximate surface area is 217 Å². The van der Waals surface area contributed by atoms with Crippen molar-refractivity contribution in [3.8, 4) is 5.75 Å². The van der Waals surface area contributed by atoms with Gasteiger partial charge in [-0.1, -0.05) is 28.7 Å². The van der Waals surface area contributed by atoms with Crippen LogP contribution in [0.3, 0.4) is 0 Å². The maximum Gasteiger partial charge on any atom is 0.573 e. The number of carbonyl (C=O) groups excluding carboxylic acids is 2. The van der Waals surface area contributed by atoms with Crippen molar-refractivity contribution < 1.29 is 36.6 Å². The van der Waals surface area contributed by atoms with Crippen LogP contribution in [0.1, 0.15) is 27.5 Å². The minimum absolute atomic E-state index is 0.0949. The first-order valence-corrected chi connectivity index (χ1v) is 12.3. The maximum atomic E-state index is 14.5. The molecule has 3 aromatic rings. The van der Waals surface area contributed by atoms with Crippen LogP contribution in [0.5, 0.6) is 5.75 Å². The predicted molar refractivity (Wildman–Crippen MR) is 125 cm³/mol. The van der Waals surface area contributed by atoms with Crippen molar-refractivity contribution in [2.24, 2.45) is 5.92 Å². The number of hydrogen-bond donors (Lipinski definition) is 2. The van der Waals surface area contributed by atoms with Crippen molar-refractivity contribution in [2.45, 2.75) is 38.3 Å². The van der Waals surface area contributed by atoms with Crippen LogP contribution >= 0.6 is 11.3 Å². The summed E-state index contributed by atoms with van der Waals surface area (Å²) < 4.78 is 61.8. The van der Waals surface area contributed by atoms with E-state index in [1.807, 2.05) is 0 Å². The van der Waals surface area contributed by atoms with Crippen molar-refractivity contribution in [1.82, 2.24) is 30.5 Å². The monoisotopic (exact) mass is 557 g/mol. The van der Waals surface area contributed by atoms with Crippen LogP contribution in [0.25, 0.3) is 0 Å². The van der Waals surface area contributed by atoms with Crippen LogP contribution in [0.15, 0.2) is 30.5 Å². The maximum absolute atomic E-state index is 14.5. The summed E-state index contributed by atoms with van der Waals surface area (Å²) in [4.78, 5) is 24.3. The van der Waals surface area contributed by atoms with Gasteiger partial charge in [0.1, 0.15) is 16.9 Å². The summed E-state index contributed by atoms with van der Waals surface area (Å²) in [6, 6.07) is 5.09. The van der Waals surface area contributed by atoms with Crippen molar-refractivity contribution in [1.29, 1.82) is 0 Å². The molecule has 11 nitrogen and oxygen atoms in total. The first-order valence-electron chi connectivity index (χ1n) is 11.5. The van der Waals surface area contributed by atoms with Crippen LogP contribution in [0, 0.1) is 5.92 Å². The van der Waals surface area contributed by atoms with Gasteiger partial charge >= 0.3 is 6.36 Å². The Bertz CT molecular complexity index is 1250. The highest BCUT2D eigenvalue weighted by Crippen LogP contribution is 2.24. The zero-order valence-corrected chi connectivity index (χ0v) is 20.6. The van der Waals surface area contributed by atoms with Crippen molar-refractivity contribution in [3.63, 3.8) is 0 Å². The molecule has 0 saturated carbocycles. The fourth-order valence-corrected chi connectivity index (χ4v) is 4.17. The fourth-order valence-electron chi connectivity index (χ4n) is 3.40. The molecule has 0 aliphatic carbocycles. The van der Waals surface area contributed by atoms with Gasteiger partial charge in [-0.3, -0.25) is 9.59 Å². The number of nitrogens with one attached hydrogen (secondary N) is 2. The van der Waals surface area contributed by atoms with Crippen LogP contribution in [0.2, 0.25) is 0 Å². The Morgan fingerprint density at radius 2 is 2.05 bits per heavy atom. The molecular weight excluding hydrogens is 534 g/mol. The van der Waals surface area contributed by atoms with Gasteiger partial charge in [-0.25, -0.2) is 9.07 Å². The summed E-state index contributed by atoms with van der Waals surface area (Å²) in [7, 11) is 0. The molecule has 0 spiro atoms. The van der Waals surface area contributed by atoms with E-state index in [-0.39, 0.29) is 48.5 Å². The molecule has 1 fully saturated rings. The molecular formula is C22H23F4N7O4S. The van der Waals surface area contributed by atoms with E-state index in [1.165, 1.54) is 23.0 Å². The highest BCUT2D eigenvalue weighted by Gasteiger charge is 2.31. The number of aromatic nitrogens is 5. The third kappa shape index (κ3) is 8.44. The van der Waals surface area contributed by atoms with Gasteiger partial charge in [0.05, 0.1) is 32.4 Å². The number of benzene rings is 1. The van der Waals surface area contributed by atoms with Gasteiger partial charge in [0.2, 0.25) is 11.0 Å². The minimum Gasteiger partial charge on any atom is -0.406 e. The largest absolute Gasteiger partial charge is 0.573 e. The SMILES string of the molecule is O=C(Cc1cccc(OC(F)(F)F)c1)Nc1nnc(CCC(F)Cn2cc(C(=O)NCC3COC3)nn2)s1. The minimum atomic E-state index is -4.83. The summed E-state index contributed by atoms with van der Waals surface area (Å²) in [5.41, 5.74) is 0.414. The molecule has 2 N–H and O–H groups in total. The van der Waals surface area contributed by atoms with Crippen molar-refractivity contribution in [3.05, 3.63) is 46.7 Å². The predicted octanol–water partition coefficient (Wildman–Crippen LogP) is 2.56. The quantitative estimate of drug-likeness (QED) is 0.325. The van der Waals surface area contributed by atoms with Gasteiger partial charge in [0.25, 0.3) is 5.91 Å². The Morgan fingerprint density at radius 1 is 1.24 bits per heavy atom. The summed E-state index contributed by atoms with van der Waals surface area (Å²) >= 11 is 1.06. The van der Waals surface area contributed by atoms with Gasteiger partial charge in [-0.05, 0) is 24.1 Å². The van der Waals surface area contributed by atoms with E-state index in [2.05, 4.69) is 35.9 Å². The lowest BCUT2D eigenvalue weighted by atomic mass is 10.1. The van der Waals surface area contributed by atoms with Gasteiger partial charge in [-0.2, -0.15) is 0 Å². The van der Waals surface area contributed by atoms with Crippen LogP contribution < -0.4 is 15.4 Å². The Balaban J connectivity index is 1.19. The number of alkyl halides is 4. The second-order valence-corrected chi connectivity index (χ2v) is 9.56. The highest BCUT2D eigenvalue weighted by molar-refractivity contribution is 7.15. The smallest absolute Gasteiger partial charge is 0.406 e. The molecule has 2 aromatic heterocycles. The van der Waals surface area contributed by atoms with Gasteiger partial charge in [-0.15, -0.1) is 28.5 Å². The first kappa shape index (κ1) is 27.4. The number of rotatable bonds is 12. The molecule has 1 aromatic carbocycles. The van der Waals surface area contributed by atoms with Crippen LogP contribution in [-0.2, 0) is 28.9 Å². The Kier molecular flexibility index (Phi) is 8.83. The van der Waals surface area contributed by atoms with Crippen LogP contribution in [0.4, 0.5) is 22.7 Å².